The van der Waals surface area contributed by atoms with Crippen molar-refractivity contribution in [2.45, 2.75) is 6.61 Å². The Morgan fingerprint density at radius 3 is 2.66 bits per heavy atom. The van der Waals surface area contributed by atoms with E-state index in [-0.39, 0.29) is 23.8 Å². The fourth-order valence-corrected chi connectivity index (χ4v) is 4.35. The minimum absolute atomic E-state index is 0.171. The Kier molecular flexibility index (Phi) is 6.19. The molecule has 0 amide bonds. The van der Waals surface area contributed by atoms with Gasteiger partial charge in [0, 0.05) is 5.39 Å². The Balaban J connectivity index is 1.35. The number of benzene rings is 4. The molecule has 0 aliphatic rings. The first-order valence-electron chi connectivity index (χ1n) is 11.8. The van der Waals surface area contributed by atoms with Crippen molar-refractivity contribution in [3.05, 3.63) is 129 Å². The van der Waals surface area contributed by atoms with Crippen LogP contribution in [0, 0.1) is 5.82 Å². The third-order valence-electron chi connectivity index (χ3n) is 5.96. The normalized spacial score (nSPS) is 11.5. The van der Waals surface area contributed by atoms with Crippen LogP contribution in [0.2, 0.25) is 5.02 Å². The SMILES string of the molecule is O=c1c2ccccc2nc(-c2cc3ccccc3o2)n1N=Cc1ccc(OCc2cccc(F)c2)c(Cl)c1. The zero-order valence-electron chi connectivity index (χ0n) is 19.8. The molecule has 0 saturated carbocycles. The number of furan rings is 1. The summed E-state index contributed by atoms with van der Waals surface area (Å²) in [6.45, 7) is 0.171. The van der Waals surface area contributed by atoms with E-state index in [4.69, 9.17) is 20.8 Å². The van der Waals surface area contributed by atoms with Gasteiger partial charge in [-0.3, -0.25) is 4.79 Å². The van der Waals surface area contributed by atoms with E-state index in [2.05, 4.69) is 10.1 Å². The molecule has 0 aliphatic carbocycles. The fourth-order valence-electron chi connectivity index (χ4n) is 4.11. The van der Waals surface area contributed by atoms with Crippen LogP contribution in [0.4, 0.5) is 4.39 Å². The molecule has 0 fully saturated rings. The van der Waals surface area contributed by atoms with Crippen molar-refractivity contribution in [1.29, 1.82) is 0 Å². The van der Waals surface area contributed by atoms with Crippen LogP contribution in [0.3, 0.4) is 0 Å². The van der Waals surface area contributed by atoms with Gasteiger partial charge in [-0.1, -0.05) is 54.1 Å². The maximum absolute atomic E-state index is 13.4. The number of para-hydroxylation sites is 2. The molecule has 0 unspecified atom stereocenters. The summed E-state index contributed by atoms with van der Waals surface area (Å²) in [6.07, 6.45) is 1.52. The minimum Gasteiger partial charge on any atom is -0.487 e. The van der Waals surface area contributed by atoms with E-state index in [1.54, 1.807) is 48.5 Å². The van der Waals surface area contributed by atoms with Gasteiger partial charge < -0.3 is 9.15 Å². The number of aromatic nitrogens is 2. The minimum atomic E-state index is -0.330. The molecule has 0 aliphatic heterocycles. The van der Waals surface area contributed by atoms with Crippen LogP contribution in [0.1, 0.15) is 11.1 Å². The van der Waals surface area contributed by atoms with E-state index in [1.165, 1.54) is 23.0 Å². The molecule has 6 aromatic rings. The maximum Gasteiger partial charge on any atom is 0.282 e. The molecule has 0 N–H and O–H groups in total. The second-order valence-corrected chi connectivity index (χ2v) is 8.98. The van der Waals surface area contributed by atoms with Crippen molar-refractivity contribution >= 4 is 39.7 Å². The second-order valence-electron chi connectivity index (χ2n) is 8.57. The highest BCUT2D eigenvalue weighted by Gasteiger charge is 2.16. The number of hydrogen-bond donors (Lipinski definition) is 0. The number of hydrogen-bond acceptors (Lipinski definition) is 5. The standard InChI is InChI=1S/C30H19ClFN3O3/c31-24-15-19(12-13-27(24)37-18-20-6-5-8-22(32)14-20)17-33-35-29(28-16-21-7-1-4-11-26(21)38-28)34-25-10-3-2-9-23(25)30(35)36/h1-17H,18H2. The Morgan fingerprint density at radius 2 is 1.82 bits per heavy atom. The molecule has 0 bridgehead atoms. The van der Waals surface area contributed by atoms with Crippen LogP contribution in [0.5, 0.6) is 5.75 Å². The number of ether oxygens (including phenoxy) is 1. The van der Waals surface area contributed by atoms with Gasteiger partial charge in [-0.05, 0) is 65.7 Å². The monoisotopic (exact) mass is 523 g/mol. The van der Waals surface area contributed by atoms with Crippen molar-refractivity contribution < 1.29 is 13.5 Å². The third-order valence-corrected chi connectivity index (χ3v) is 6.26. The van der Waals surface area contributed by atoms with Gasteiger partial charge in [-0.15, -0.1) is 0 Å². The summed E-state index contributed by atoms with van der Waals surface area (Å²) < 4.78 is 26.4. The van der Waals surface area contributed by atoms with E-state index in [0.29, 0.717) is 44.1 Å². The molecule has 4 aromatic carbocycles. The highest BCUT2D eigenvalue weighted by molar-refractivity contribution is 6.32. The van der Waals surface area contributed by atoms with E-state index >= 15 is 0 Å². The molecular weight excluding hydrogens is 505 g/mol. The van der Waals surface area contributed by atoms with Crippen LogP contribution in [-0.4, -0.2) is 15.9 Å². The molecular formula is C30H19ClFN3O3. The average molecular weight is 524 g/mol. The van der Waals surface area contributed by atoms with E-state index < -0.39 is 0 Å². The largest absolute Gasteiger partial charge is 0.487 e. The quantitative estimate of drug-likeness (QED) is 0.219. The van der Waals surface area contributed by atoms with Gasteiger partial charge in [0.2, 0.25) is 5.82 Å². The van der Waals surface area contributed by atoms with Gasteiger partial charge in [-0.2, -0.15) is 9.78 Å². The van der Waals surface area contributed by atoms with Crippen LogP contribution >= 0.6 is 11.6 Å². The number of fused-ring (bicyclic) bond motifs is 2. The molecule has 8 heteroatoms. The van der Waals surface area contributed by atoms with Gasteiger partial charge in [0.05, 0.1) is 22.1 Å². The van der Waals surface area contributed by atoms with Crippen LogP contribution in [-0.2, 0) is 6.61 Å². The summed E-state index contributed by atoms with van der Waals surface area (Å²) in [7, 11) is 0. The summed E-state index contributed by atoms with van der Waals surface area (Å²) in [5.74, 6) is 0.817. The highest BCUT2D eigenvalue weighted by atomic mass is 35.5. The van der Waals surface area contributed by atoms with E-state index in [9.17, 15) is 9.18 Å². The van der Waals surface area contributed by atoms with Crippen molar-refractivity contribution in [2.24, 2.45) is 5.10 Å². The number of rotatable bonds is 6. The molecule has 6 nitrogen and oxygen atoms in total. The first kappa shape index (κ1) is 23.6. The fraction of sp³-hybridized carbons (Fsp3) is 0.0333. The van der Waals surface area contributed by atoms with Gasteiger partial charge in [0.1, 0.15) is 23.8 Å². The number of halogens is 2. The average Bonchev–Trinajstić information content (AvgIpc) is 3.36. The molecule has 0 saturated heterocycles. The van der Waals surface area contributed by atoms with Gasteiger partial charge in [0.15, 0.2) is 5.76 Å². The summed E-state index contributed by atoms with van der Waals surface area (Å²) in [5, 5.41) is 6.14. The lowest BCUT2D eigenvalue weighted by atomic mass is 10.2. The predicted molar refractivity (Wildman–Crippen MR) is 146 cm³/mol. The summed E-state index contributed by atoms with van der Waals surface area (Å²) >= 11 is 6.43. The molecule has 6 rings (SSSR count). The molecule has 186 valence electrons. The summed E-state index contributed by atoms with van der Waals surface area (Å²) in [5.41, 5.74) is 2.23. The van der Waals surface area contributed by atoms with Crippen LogP contribution in [0.15, 0.2) is 111 Å². The van der Waals surface area contributed by atoms with Crippen molar-refractivity contribution in [3.8, 4) is 17.3 Å². The van der Waals surface area contributed by atoms with Gasteiger partial charge >= 0.3 is 0 Å². The molecule has 0 radical (unpaired) electrons. The second kappa shape index (κ2) is 9.95. The van der Waals surface area contributed by atoms with Crippen molar-refractivity contribution in [1.82, 2.24) is 9.66 Å². The molecule has 0 spiro atoms. The van der Waals surface area contributed by atoms with Crippen LogP contribution < -0.4 is 10.3 Å². The number of nitrogens with zero attached hydrogens (tertiary/aromatic N) is 3. The molecule has 38 heavy (non-hydrogen) atoms. The lowest BCUT2D eigenvalue weighted by molar-refractivity contribution is 0.306. The molecule has 0 atom stereocenters. The smallest absolute Gasteiger partial charge is 0.282 e. The Hall–Kier alpha value is -4.75. The lowest BCUT2D eigenvalue weighted by Gasteiger charge is -2.09. The predicted octanol–water partition coefficient (Wildman–Crippen LogP) is 7.06. The van der Waals surface area contributed by atoms with Crippen LogP contribution in [0.25, 0.3) is 33.5 Å². The summed E-state index contributed by atoms with van der Waals surface area (Å²) in [4.78, 5) is 18.1. The van der Waals surface area contributed by atoms with E-state index in [1.807, 2.05) is 36.4 Å². The Morgan fingerprint density at radius 1 is 0.974 bits per heavy atom. The highest BCUT2D eigenvalue weighted by Crippen LogP contribution is 2.28. The zero-order chi connectivity index (χ0) is 26.1. The topological polar surface area (TPSA) is 69.6 Å². The van der Waals surface area contributed by atoms with Gasteiger partial charge in [0.25, 0.3) is 5.56 Å². The Labute approximate surface area is 221 Å². The maximum atomic E-state index is 13.4. The Bertz CT molecular complexity index is 1860. The lowest BCUT2D eigenvalue weighted by Crippen LogP contribution is -2.20. The van der Waals surface area contributed by atoms with Crippen molar-refractivity contribution in [3.63, 3.8) is 0 Å². The van der Waals surface area contributed by atoms with Crippen molar-refractivity contribution in [2.75, 3.05) is 0 Å². The van der Waals surface area contributed by atoms with Gasteiger partial charge in [-0.25, -0.2) is 9.37 Å². The molecule has 2 heterocycles. The first-order valence-corrected chi connectivity index (χ1v) is 12.1. The first-order chi connectivity index (χ1) is 18.5. The summed E-state index contributed by atoms with van der Waals surface area (Å²) in [6, 6.07) is 27.8. The molecule has 2 aromatic heterocycles. The third kappa shape index (κ3) is 4.67. The zero-order valence-corrected chi connectivity index (χ0v) is 20.6. The van der Waals surface area contributed by atoms with E-state index in [0.717, 1.165) is 5.39 Å².